The van der Waals surface area contributed by atoms with Crippen LogP contribution in [0, 0.1) is 0 Å². The van der Waals surface area contributed by atoms with Gasteiger partial charge in [-0.2, -0.15) is 19.7 Å². The molecule has 1 aliphatic heterocycles. The summed E-state index contributed by atoms with van der Waals surface area (Å²) in [4.78, 5) is 2.28. The first-order valence-corrected chi connectivity index (χ1v) is 9.34. The van der Waals surface area contributed by atoms with E-state index in [-0.39, 0.29) is 5.75 Å². The van der Waals surface area contributed by atoms with Crippen LogP contribution in [0.2, 0.25) is 0 Å². The van der Waals surface area contributed by atoms with Gasteiger partial charge in [-0.25, -0.2) is 8.42 Å². The molecule has 0 saturated carbocycles. The SMILES string of the molecule is CCS(=O)(=O)N1CCN(Cc2ccc(-c3cn[nH]n3)cc2)CC1. The predicted molar refractivity (Wildman–Crippen MR) is 88.1 cm³/mol. The van der Waals surface area contributed by atoms with Crippen LogP contribution < -0.4 is 0 Å². The quantitative estimate of drug-likeness (QED) is 0.879. The number of piperazine rings is 1. The Morgan fingerprint density at radius 1 is 1.13 bits per heavy atom. The summed E-state index contributed by atoms with van der Waals surface area (Å²) in [5.74, 6) is 0.177. The fourth-order valence-electron chi connectivity index (χ4n) is 2.73. The molecule has 1 aliphatic rings. The van der Waals surface area contributed by atoms with Crippen molar-refractivity contribution in [3.8, 4) is 11.3 Å². The molecule has 8 heteroatoms. The zero-order chi connectivity index (χ0) is 16.3. The van der Waals surface area contributed by atoms with E-state index in [0.29, 0.717) is 13.1 Å². The van der Waals surface area contributed by atoms with Crippen molar-refractivity contribution in [3.63, 3.8) is 0 Å². The van der Waals surface area contributed by atoms with Crippen LogP contribution in [-0.2, 0) is 16.6 Å². The third kappa shape index (κ3) is 3.77. The molecule has 2 heterocycles. The molecule has 23 heavy (non-hydrogen) atoms. The van der Waals surface area contributed by atoms with Crippen molar-refractivity contribution >= 4 is 10.0 Å². The number of nitrogens with one attached hydrogen (secondary N) is 1. The molecular formula is C15H21N5O2S. The summed E-state index contributed by atoms with van der Waals surface area (Å²) in [6.45, 7) is 5.21. The summed E-state index contributed by atoms with van der Waals surface area (Å²) in [7, 11) is -3.06. The van der Waals surface area contributed by atoms with E-state index in [1.807, 2.05) is 12.1 Å². The van der Waals surface area contributed by atoms with Crippen LogP contribution >= 0.6 is 0 Å². The lowest BCUT2D eigenvalue weighted by molar-refractivity contribution is 0.182. The third-order valence-electron chi connectivity index (χ3n) is 4.16. The van der Waals surface area contributed by atoms with Gasteiger partial charge in [-0.1, -0.05) is 24.3 Å². The molecule has 0 bridgehead atoms. The zero-order valence-corrected chi connectivity index (χ0v) is 14.0. The molecule has 0 radical (unpaired) electrons. The molecule has 1 aromatic carbocycles. The van der Waals surface area contributed by atoms with E-state index in [2.05, 4.69) is 32.4 Å². The van der Waals surface area contributed by atoms with E-state index in [0.717, 1.165) is 30.9 Å². The van der Waals surface area contributed by atoms with Gasteiger partial charge in [0, 0.05) is 38.3 Å². The number of benzene rings is 1. The van der Waals surface area contributed by atoms with Gasteiger partial charge in [-0.15, -0.1) is 0 Å². The molecule has 7 nitrogen and oxygen atoms in total. The highest BCUT2D eigenvalue weighted by atomic mass is 32.2. The first kappa shape index (κ1) is 16.1. The fraction of sp³-hybridized carbons (Fsp3) is 0.467. The van der Waals surface area contributed by atoms with E-state index in [1.165, 1.54) is 5.56 Å². The molecular weight excluding hydrogens is 314 g/mol. The number of nitrogens with zero attached hydrogens (tertiary/aromatic N) is 4. The Bertz CT molecular complexity index is 720. The minimum Gasteiger partial charge on any atom is -0.296 e. The molecule has 1 fully saturated rings. The molecule has 124 valence electrons. The summed E-state index contributed by atoms with van der Waals surface area (Å²) in [5, 5.41) is 10.5. The standard InChI is InChI=1S/C15H21N5O2S/c1-2-23(21,22)20-9-7-19(8-10-20)12-13-3-5-14(6-4-13)15-11-16-18-17-15/h3-6,11H,2,7-10,12H2,1H3,(H,16,17,18). The van der Waals surface area contributed by atoms with E-state index in [1.54, 1.807) is 17.4 Å². The molecule has 1 N–H and O–H groups in total. The van der Waals surface area contributed by atoms with Crippen molar-refractivity contribution in [3.05, 3.63) is 36.0 Å². The van der Waals surface area contributed by atoms with Gasteiger partial charge in [0.15, 0.2) is 0 Å². The average Bonchev–Trinajstić information content (AvgIpc) is 3.11. The van der Waals surface area contributed by atoms with Crippen LogP contribution in [-0.4, -0.2) is 65.0 Å². The summed E-state index contributed by atoms with van der Waals surface area (Å²) in [6.07, 6.45) is 1.70. The van der Waals surface area contributed by atoms with Crippen LogP contribution in [0.15, 0.2) is 30.5 Å². The fourth-order valence-corrected chi connectivity index (χ4v) is 3.81. The second-order valence-corrected chi connectivity index (χ2v) is 7.89. The van der Waals surface area contributed by atoms with Crippen molar-refractivity contribution in [2.24, 2.45) is 0 Å². The van der Waals surface area contributed by atoms with E-state index >= 15 is 0 Å². The van der Waals surface area contributed by atoms with Crippen molar-refractivity contribution < 1.29 is 8.42 Å². The lowest BCUT2D eigenvalue weighted by atomic mass is 10.1. The lowest BCUT2D eigenvalue weighted by Gasteiger charge is -2.33. The highest BCUT2D eigenvalue weighted by molar-refractivity contribution is 7.89. The number of rotatable bonds is 5. The minimum atomic E-state index is -3.06. The molecule has 0 atom stereocenters. The van der Waals surface area contributed by atoms with Crippen LogP contribution in [0.25, 0.3) is 11.3 Å². The zero-order valence-electron chi connectivity index (χ0n) is 13.1. The second-order valence-electron chi connectivity index (χ2n) is 5.63. The maximum atomic E-state index is 11.9. The number of aromatic amines is 1. The van der Waals surface area contributed by atoms with Crippen molar-refractivity contribution in [2.75, 3.05) is 31.9 Å². The number of aromatic nitrogens is 3. The Morgan fingerprint density at radius 3 is 2.39 bits per heavy atom. The van der Waals surface area contributed by atoms with Gasteiger partial charge >= 0.3 is 0 Å². The summed E-state index contributed by atoms with van der Waals surface area (Å²) < 4.78 is 25.3. The Balaban J connectivity index is 1.57. The Hall–Kier alpha value is -1.77. The Morgan fingerprint density at radius 2 is 1.83 bits per heavy atom. The highest BCUT2D eigenvalue weighted by Gasteiger charge is 2.25. The predicted octanol–water partition coefficient (Wildman–Crippen LogP) is 0.939. The highest BCUT2D eigenvalue weighted by Crippen LogP contribution is 2.17. The van der Waals surface area contributed by atoms with Crippen molar-refractivity contribution in [1.82, 2.24) is 24.6 Å². The maximum Gasteiger partial charge on any atom is 0.213 e. The monoisotopic (exact) mass is 335 g/mol. The summed E-state index contributed by atoms with van der Waals surface area (Å²) >= 11 is 0. The van der Waals surface area contributed by atoms with E-state index < -0.39 is 10.0 Å². The lowest BCUT2D eigenvalue weighted by Crippen LogP contribution is -2.48. The number of hydrogen-bond donors (Lipinski definition) is 1. The van der Waals surface area contributed by atoms with Crippen LogP contribution in [0.3, 0.4) is 0 Å². The first-order chi connectivity index (χ1) is 11.1. The van der Waals surface area contributed by atoms with Gasteiger partial charge in [0.05, 0.1) is 11.9 Å². The van der Waals surface area contributed by atoms with Crippen LogP contribution in [0.1, 0.15) is 12.5 Å². The van der Waals surface area contributed by atoms with Crippen LogP contribution in [0.4, 0.5) is 0 Å². The first-order valence-electron chi connectivity index (χ1n) is 7.74. The summed E-state index contributed by atoms with van der Waals surface area (Å²) in [6, 6.07) is 8.23. The molecule has 1 aromatic heterocycles. The van der Waals surface area contributed by atoms with Gasteiger partial charge < -0.3 is 0 Å². The van der Waals surface area contributed by atoms with Gasteiger partial charge in [0.25, 0.3) is 0 Å². The molecule has 0 spiro atoms. The Labute approximate surface area is 136 Å². The van der Waals surface area contributed by atoms with Crippen molar-refractivity contribution in [2.45, 2.75) is 13.5 Å². The van der Waals surface area contributed by atoms with Gasteiger partial charge in [0.2, 0.25) is 10.0 Å². The molecule has 0 amide bonds. The number of sulfonamides is 1. The largest absolute Gasteiger partial charge is 0.296 e. The Kier molecular flexibility index (Phi) is 4.74. The number of hydrogen-bond acceptors (Lipinski definition) is 5. The smallest absolute Gasteiger partial charge is 0.213 e. The van der Waals surface area contributed by atoms with Crippen LogP contribution in [0.5, 0.6) is 0 Å². The second kappa shape index (κ2) is 6.77. The third-order valence-corrected chi connectivity index (χ3v) is 6.04. The molecule has 2 aromatic rings. The maximum absolute atomic E-state index is 11.9. The van der Waals surface area contributed by atoms with E-state index in [4.69, 9.17) is 0 Å². The number of H-pyrrole nitrogens is 1. The molecule has 0 aliphatic carbocycles. The topological polar surface area (TPSA) is 82.2 Å². The molecule has 0 unspecified atom stereocenters. The minimum absolute atomic E-state index is 0.177. The molecule has 1 saturated heterocycles. The van der Waals surface area contributed by atoms with Gasteiger partial charge in [-0.3, -0.25) is 4.90 Å². The summed E-state index contributed by atoms with van der Waals surface area (Å²) in [5.41, 5.74) is 3.07. The normalized spacial score (nSPS) is 17.4. The van der Waals surface area contributed by atoms with E-state index in [9.17, 15) is 8.42 Å². The average molecular weight is 335 g/mol. The van der Waals surface area contributed by atoms with Gasteiger partial charge in [0.1, 0.15) is 5.69 Å². The van der Waals surface area contributed by atoms with Gasteiger partial charge in [-0.05, 0) is 12.5 Å². The molecule has 3 rings (SSSR count). The van der Waals surface area contributed by atoms with Crippen molar-refractivity contribution in [1.29, 1.82) is 0 Å².